The van der Waals surface area contributed by atoms with Crippen LogP contribution in [0.15, 0.2) is 22.8 Å². The minimum absolute atomic E-state index is 0.249. The largest absolute Gasteiger partial charge is 0.461 e. The number of ketones is 1. The highest BCUT2D eigenvalue weighted by Gasteiger charge is 2.15. The maximum atomic E-state index is 11.1. The van der Waals surface area contributed by atoms with Crippen LogP contribution < -0.4 is 0 Å². The fraction of sp³-hybridized carbons (Fsp3) is 0.250. The molecule has 0 aliphatic heterocycles. The smallest absolute Gasteiger partial charge is 0.214 e. The van der Waals surface area contributed by atoms with Crippen molar-refractivity contribution in [2.24, 2.45) is 5.92 Å². The van der Waals surface area contributed by atoms with E-state index < -0.39 is 5.92 Å². The number of furan rings is 1. The molecule has 0 saturated carbocycles. The molecule has 1 atom stereocenters. The number of carbonyl (C=O) groups excluding carboxylic acids is 1. The molecule has 1 aromatic rings. The average molecular weight is 149 g/mol. The lowest BCUT2D eigenvalue weighted by Crippen LogP contribution is -2.07. The number of hydrogen-bond donors (Lipinski definition) is 0. The second-order valence-electron chi connectivity index (χ2n) is 2.19. The molecule has 1 aromatic heterocycles. The first-order valence-electron chi connectivity index (χ1n) is 3.23. The van der Waals surface area contributed by atoms with Crippen molar-refractivity contribution in [3.63, 3.8) is 0 Å². The third kappa shape index (κ3) is 1.47. The molecule has 3 heteroatoms. The zero-order valence-corrected chi connectivity index (χ0v) is 6.07. The van der Waals surface area contributed by atoms with Gasteiger partial charge in [0, 0.05) is 0 Å². The van der Waals surface area contributed by atoms with Gasteiger partial charge in [0.1, 0.15) is 5.92 Å². The van der Waals surface area contributed by atoms with Crippen LogP contribution >= 0.6 is 0 Å². The van der Waals surface area contributed by atoms with E-state index in [0.717, 1.165) is 0 Å². The maximum absolute atomic E-state index is 11.1. The molecule has 0 bridgehead atoms. The number of rotatable bonds is 2. The van der Waals surface area contributed by atoms with Gasteiger partial charge < -0.3 is 4.42 Å². The van der Waals surface area contributed by atoms with Gasteiger partial charge in [-0.25, -0.2) is 0 Å². The zero-order chi connectivity index (χ0) is 8.27. The Morgan fingerprint density at radius 1 is 1.82 bits per heavy atom. The summed E-state index contributed by atoms with van der Waals surface area (Å²) >= 11 is 0. The molecule has 0 radical (unpaired) electrons. The number of carbonyl (C=O) groups is 1. The Hall–Kier alpha value is -1.56. The predicted molar refractivity (Wildman–Crippen MR) is 37.8 cm³/mol. The van der Waals surface area contributed by atoms with Crippen LogP contribution in [0.4, 0.5) is 0 Å². The van der Waals surface area contributed by atoms with Gasteiger partial charge in [-0.2, -0.15) is 5.26 Å². The minimum Gasteiger partial charge on any atom is -0.461 e. The molecular weight excluding hydrogens is 142 g/mol. The molecule has 0 aliphatic rings. The summed E-state index contributed by atoms with van der Waals surface area (Å²) in [6.45, 7) is 1.55. The number of nitriles is 1. The van der Waals surface area contributed by atoms with Crippen LogP contribution in [-0.4, -0.2) is 5.78 Å². The highest BCUT2D eigenvalue weighted by molar-refractivity contribution is 5.96. The molecule has 0 fully saturated rings. The van der Waals surface area contributed by atoms with Crippen molar-refractivity contribution < 1.29 is 9.21 Å². The van der Waals surface area contributed by atoms with Crippen LogP contribution in [0.25, 0.3) is 0 Å². The Balaban J connectivity index is 2.81. The highest BCUT2D eigenvalue weighted by Crippen LogP contribution is 2.07. The van der Waals surface area contributed by atoms with E-state index >= 15 is 0 Å². The van der Waals surface area contributed by atoms with Gasteiger partial charge in [-0.3, -0.25) is 4.79 Å². The van der Waals surface area contributed by atoms with Crippen LogP contribution in [0.2, 0.25) is 0 Å². The lowest BCUT2D eigenvalue weighted by atomic mass is 10.1. The van der Waals surface area contributed by atoms with E-state index in [4.69, 9.17) is 9.68 Å². The van der Waals surface area contributed by atoms with Crippen molar-refractivity contribution in [3.8, 4) is 6.07 Å². The summed E-state index contributed by atoms with van der Waals surface area (Å²) in [7, 11) is 0. The molecule has 0 spiro atoms. The van der Waals surface area contributed by atoms with Crippen LogP contribution in [0.1, 0.15) is 17.5 Å². The molecule has 0 unspecified atom stereocenters. The summed E-state index contributed by atoms with van der Waals surface area (Å²) < 4.78 is 4.82. The Bertz CT molecular complexity index is 282. The normalized spacial score (nSPS) is 12.0. The Morgan fingerprint density at radius 2 is 2.55 bits per heavy atom. The number of hydrogen-bond acceptors (Lipinski definition) is 3. The first-order chi connectivity index (χ1) is 5.25. The van der Waals surface area contributed by atoms with Crippen molar-refractivity contribution >= 4 is 5.78 Å². The Morgan fingerprint density at radius 3 is 3.00 bits per heavy atom. The molecular formula is C8H7NO2. The SMILES string of the molecule is C[C@@H](C#N)C(=O)c1ccco1. The number of Topliss-reactive ketones (excluding diaryl/α,β-unsaturated/α-hetero) is 1. The summed E-state index contributed by atoms with van der Waals surface area (Å²) in [6, 6.07) is 5.02. The van der Waals surface area contributed by atoms with Crippen molar-refractivity contribution in [2.75, 3.05) is 0 Å². The van der Waals surface area contributed by atoms with E-state index in [1.807, 2.05) is 6.07 Å². The standard InChI is InChI=1S/C8H7NO2/c1-6(5-9)8(10)7-3-2-4-11-7/h2-4,6H,1H3/t6-/m0/s1. The van der Waals surface area contributed by atoms with E-state index in [-0.39, 0.29) is 11.5 Å². The predicted octanol–water partition coefficient (Wildman–Crippen LogP) is 1.62. The lowest BCUT2D eigenvalue weighted by molar-refractivity contribution is 0.0929. The number of nitrogens with zero attached hydrogens (tertiary/aromatic N) is 1. The van der Waals surface area contributed by atoms with Gasteiger partial charge in [0.05, 0.1) is 12.3 Å². The summed E-state index contributed by atoms with van der Waals surface area (Å²) in [5.41, 5.74) is 0. The van der Waals surface area contributed by atoms with Crippen molar-refractivity contribution in [3.05, 3.63) is 24.2 Å². The van der Waals surface area contributed by atoms with E-state index in [1.54, 1.807) is 19.1 Å². The van der Waals surface area contributed by atoms with Crippen molar-refractivity contribution in [2.45, 2.75) is 6.92 Å². The van der Waals surface area contributed by atoms with Gasteiger partial charge in [-0.1, -0.05) is 0 Å². The lowest BCUT2D eigenvalue weighted by Gasteiger charge is -1.95. The molecule has 1 rings (SSSR count). The van der Waals surface area contributed by atoms with Crippen LogP contribution in [0.5, 0.6) is 0 Å². The minimum atomic E-state index is -0.624. The highest BCUT2D eigenvalue weighted by atomic mass is 16.3. The fourth-order valence-corrected chi connectivity index (χ4v) is 0.691. The second kappa shape index (κ2) is 3.02. The van der Waals surface area contributed by atoms with Gasteiger partial charge in [0.25, 0.3) is 0 Å². The van der Waals surface area contributed by atoms with Gasteiger partial charge >= 0.3 is 0 Å². The van der Waals surface area contributed by atoms with Crippen molar-refractivity contribution in [1.29, 1.82) is 5.26 Å². The summed E-state index contributed by atoms with van der Waals surface area (Å²) in [5.74, 6) is -0.641. The third-order valence-electron chi connectivity index (χ3n) is 1.35. The zero-order valence-electron chi connectivity index (χ0n) is 6.07. The molecule has 3 nitrogen and oxygen atoms in total. The Kier molecular flexibility index (Phi) is 2.07. The summed E-state index contributed by atoms with van der Waals surface area (Å²) in [4.78, 5) is 11.1. The van der Waals surface area contributed by atoms with E-state index in [1.165, 1.54) is 6.26 Å². The van der Waals surface area contributed by atoms with E-state index in [9.17, 15) is 4.79 Å². The van der Waals surface area contributed by atoms with E-state index in [0.29, 0.717) is 0 Å². The Labute approximate surface area is 64.2 Å². The first-order valence-corrected chi connectivity index (χ1v) is 3.23. The van der Waals surface area contributed by atoms with Gasteiger partial charge in [-0.05, 0) is 19.1 Å². The molecule has 0 saturated heterocycles. The van der Waals surface area contributed by atoms with Crippen molar-refractivity contribution in [1.82, 2.24) is 0 Å². The molecule has 11 heavy (non-hydrogen) atoms. The average Bonchev–Trinajstić information content (AvgIpc) is 2.53. The van der Waals surface area contributed by atoms with Crippen LogP contribution in [0, 0.1) is 17.2 Å². The monoisotopic (exact) mass is 149 g/mol. The first kappa shape index (κ1) is 7.55. The van der Waals surface area contributed by atoms with Gasteiger partial charge in [0.2, 0.25) is 5.78 Å². The van der Waals surface area contributed by atoms with Gasteiger partial charge in [-0.15, -0.1) is 0 Å². The van der Waals surface area contributed by atoms with Crippen LogP contribution in [-0.2, 0) is 0 Å². The maximum Gasteiger partial charge on any atom is 0.214 e. The molecule has 56 valence electrons. The van der Waals surface area contributed by atoms with E-state index in [2.05, 4.69) is 0 Å². The quantitative estimate of drug-likeness (QED) is 0.600. The molecule has 0 N–H and O–H groups in total. The molecule has 0 amide bonds. The molecule has 0 aliphatic carbocycles. The second-order valence-corrected chi connectivity index (χ2v) is 2.19. The molecule has 1 heterocycles. The summed E-state index contributed by atoms with van der Waals surface area (Å²) in [5, 5.41) is 8.39. The third-order valence-corrected chi connectivity index (χ3v) is 1.35. The fourth-order valence-electron chi connectivity index (χ4n) is 0.691. The molecule has 0 aromatic carbocycles. The van der Waals surface area contributed by atoms with Crippen LogP contribution in [0.3, 0.4) is 0 Å². The topological polar surface area (TPSA) is 54.0 Å². The van der Waals surface area contributed by atoms with Gasteiger partial charge in [0.15, 0.2) is 5.76 Å². The summed E-state index contributed by atoms with van der Waals surface area (Å²) in [6.07, 6.45) is 1.41.